The van der Waals surface area contributed by atoms with Gasteiger partial charge in [0.1, 0.15) is 23.8 Å². The molecule has 3 amide bonds. The summed E-state index contributed by atoms with van der Waals surface area (Å²) >= 11 is 24.6. The van der Waals surface area contributed by atoms with Crippen LogP contribution in [-0.4, -0.2) is 137 Å². The van der Waals surface area contributed by atoms with Crippen LogP contribution in [0.2, 0.25) is 10.0 Å². The fourth-order valence-corrected chi connectivity index (χ4v) is 9.63. The lowest BCUT2D eigenvalue weighted by atomic mass is 9.93. The van der Waals surface area contributed by atoms with Crippen LogP contribution in [0.5, 0.6) is 0 Å². The minimum absolute atomic E-state index is 0. The maximum atomic E-state index is 13.3. The van der Waals surface area contributed by atoms with Gasteiger partial charge in [0.2, 0.25) is 0 Å². The lowest BCUT2D eigenvalue weighted by Gasteiger charge is -2.35. The van der Waals surface area contributed by atoms with E-state index in [4.69, 9.17) is 56.6 Å². The van der Waals surface area contributed by atoms with Gasteiger partial charge < -0.3 is 35.5 Å². The Hall–Kier alpha value is -4.62. The number of pyridine rings is 2. The third-order valence-corrected chi connectivity index (χ3v) is 13.1. The van der Waals surface area contributed by atoms with Crippen molar-refractivity contribution in [2.24, 2.45) is 0 Å². The van der Waals surface area contributed by atoms with Crippen molar-refractivity contribution in [2.45, 2.75) is 43.8 Å². The molecule has 2 saturated heterocycles. The highest BCUT2D eigenvalue weighted by atomic mass is 35.5. The van der Waals surface area contributed by atoms with E-state index in [2.05, 4.69) is 40.9 Å². The zero-order valence-corrected chi connectivity index (χ0v) is 43.1. The molecule has 2 atom stereocenters. The molecule has 0 radical (unpaired) electrons. The fourth-order valence-electron chi connectivity index (χ4n) is 7.21. The quantitative estimate of drug-likeness (QED) is 0.0640. The van der Waals surface area contributed by atoms with Crippen LogP contribution in [0.25, 0.3) is 20.4 Å². The second-order valence-corrected chi connectivity index (χ2v) is 19.3. The smallest absolute Gasteiger partial charge is 0.333 e. The molecule has 2 aliphatic heterocycles. The normalized spacial score (nSPS) is 14.5. The molecule has 382 valence electrons. The second-order valence-electron chi connectivity index (χ2n) is 15.6. The number of fused-ring (bicyclic) bond motifs is 2. The Morgan fingerprint density at radius 2 is 1.30 bits per heavy atom. The van der Waals surface area contributed by atoms with Gasteiger partial charge in [-0.3, -0.25) is 20.2 Å². The van der Waals surface area contributed by atoms with Crippen LogP contribution < -0.4 is 20.9 Å². The number of piperazine rings is 1. The average molecular weight is 1120 g/mol. The Balaban J connectivity index is 0.000000202. The van der Waals surface area contributed by atoms with Crippen LogP contribution >= 0.6 is 81.5 Å². The number of nitrogens with one attached hydrogen (secondary N) is 3. The van der Waals surface area contributed by atoms with Gasteiger partial charge in [-0.1, -0.05) is 45.9 Å². The summed E-state index contributed by atoms with van der Waals surface area (Å²) in [6.07, 6.45) is 9.00. The van der Waals surface area contributed by atoms with E-state index < -0.39 is 12.2 Å². The van der Waals surface area contributed by atoms with Gasteiger partial charge in [-0.05, 0) is 85.6 Å². The molecule has 2 fully saturated rings. The summed E-state index contributed by atoms with van der Waals surface area (Å²) in [5.74, 6) is 0.390. The van der Waals surface area contributed by atoms with E-state index in [0.29, 0.717) is 85.1 Å². The number of aliphatic hydroxyl groups is 4. The van der Waals surface area contributed by atoms with E-state index >= 15 is 0 Å². The van der Waals surface area contributed by atoms with Crippen LogP contribution in [-0.2, 0) is 12.8 Å². The number of carbonyl (C=O) groups is 2. The Bertz CT molecular complexity index is 2790. The van der Waals surface area contributed by atoms with Gasteiger partial charge in [0.05, 0.1) is 66.9 Å². The largest absolute Gasteiger partial charge is 0.394 e. The molecule has 0 spiro atoms. The van der Waals surface area contributed by atoms with Crippen molar-refractivity contribution >= 4 is 130 Å². The number of amides is 3. The Kier molecular flexibility index (Phi) is 23.1. The maximum absolute atomic E-state index is 13.3. The Morgan fingerprint density at radius 1 is 0.775 bits per heavy atom. The van der Waals surface area contributed by atoms with Gasteiger partial charge in [0.15, 0.2) is 10.3 Å². The number of halogens is 7. The van der Waals surface area contributed by atoms with E-state index in [-0.39, 0.29) is 61.1 Å². The molecule has 7 heterocycles. The zero-order valence-electron chi connectivity index (χ0n) is 37.6. The van der Waals surface area contributed by atoms with E-state index in [1.807, 2.05) is 11.0 Å². The molecule has 0 bridgehead atoms. The number of nitrogens with zero attached hydrogens (tertiary/aromatic N) is 8. The third-order valence-electron chi connectivity index (χ3n) is 10.6. The van der Waals surface area contributed by atoms with Crippen molar-refractivity contribution in [1.29, 1.82) is 0 Å². The molecular formula is C45H50Cl5F2N11O6S2. The maximum Gasteiger partial charge on any atom is 0.333 e. The first-order valence-electron chi connectivity index (χ1n) is 21.7. The number of rotatable bonds is 10. The predicted octanol–water partition coefficient (Wildman–Crippen LogP) is 8.39. The summed E-state index contributed by atoms with van der Waals surface area (Å²) in [7, 11) is 0. The monoisotopic (exact) mass is 1120 g/mol. The van der Waals surface area contributed by atoms with Gasteiger partial charge in [0, 0.05) is 69.7 Å². The SMILES string of the molecule is Cl.ClCCl.O=C(Nc1nc2ccc(F)cc2s1)N1CCN(c2ncc(C[C@@H](O)CO)cc2Cl)CC1.O=C(Nc1nc2ccc(F)cc2s1)n1ccnc1.OC[C@H](O)Cc1cnc(C2CCNCC2)c(Cl)c1. The molecule has 0 aliphatic carbocycles. The van der Waals surface area contributed by atoms with Crippen molar-refractivity contribution in [1.82, 2.24) is 39.7 Å². The van der Waals surface area contributed by atoms with Crippen molar-refractivity contribution in [3.63, 3.8) is 0 Å². The summed E-state index contributed by atoms with van der Waals surface area (Å²) in [4.78, 5) is 49.1. The van der Waals surface area contributed by atoms with Crippen LogP contribution in [0.15, 0.2) is 79.6 Å². The lowest BCUT2D eigenvalue weighted by Crippen LogP contribution is -2.50. The number of aromatic nitrogens is 6. The van der Waals surface area contributed by atoms with Gasteiger partial charge >= 0.3 is 12.1 Å². The first-order valence-corrected chi connectivity index (χ1v) is 25.1. The van der Waals surface area contributed by atoms with Gasteiger partial charge in [0.25, 0.3) is 0 Å². The van der Waals surface area contributed by atoms with Crippen molar-refractivity contribution in [3.8, 4) is 0 Å². The summed E-state index contributed by atoms with van der Waals surface area (Å²) in [5.41, 5.74) is 3.85. The predicted molar refractivity (Wildman–Crippen MR) is 279 cm³/mol. The van der Waals surface area contributed by atoms with E-state index in [1.54, 1.807) is 35.5 Å². The van der Waals surface area contributed by atoms with Gasteiger partial charge in [-0.25, -0.2) is 38.3 Å². The Morgan fingerprint density at radius 3 is 1.79 bits per heavy atom. The first kappa shape index (κ1) is 57.3. The highest BCUT2D eigenvalue weighted by Crippen LogP contribution is 2.31. The molecule has 9 rings (SSSR count). The number of urea groups is 1. The van der Waals surface area contributed by atoms with Gasteiger partial charge in [-0.15, -0.1) is 35.6 Å². The topological polar surface area (TPSA) is 227 Å². The molecule has 71 heavy (non-hydrogen) atoms. The molecule has 26 heteroatoms. The molecule has 5 aromatic heterocycles. The average Bonchev–Trinajstić information content (AvgIpc) is 4.13. The summed E-state index contributed by atoms with van der Waals surface area (Å²) in [5, 5.41) is 47.6. The van der Waals surface area contributed by atoms with Crippen LogP contribution in [0.3, 0.4) is 0 Å². The van der Waals surface area contributed by atoms with Crippen molar-refractivity contribution in [2.75, 3.05) is 73.4 Å². The molecule has 17 nitrogen and oxygen atoms in total. The summed E-state index contributed by atoms with van der Waals surface area (Å²) < 4.78 is 29.0. The minimum Gasteiger partial charge on any atom is -0.394 e. The summed E-state index contributed by atoms with van der Waals surface area (Å²) in [6, 6.07) is 11.6. The van der Waals surface area contributed by atoms with E-state index in [9.17, 15) is 28.6 Å². The van der Waals surface area contributed by atoms with Crippen molar-refractivity contribution in [3.05, 3.63) is 118 Å². The molecule has 0 saturated carbocycles. The number of hydrogen-bond acceptors (Lipinski definition) is 15. The highest BCUT2D eigenvalue weighted by Gasteiger charge is 2.25. The molecule has 2 aliphatic rings. The number of hydrogen-bond donors (Lipinski definition) is 7. The molecule has 2 aromatic carbocycles. The van der Waals surface area contributed by atoms with Crippen LogP contribution in [0, 0.1) is 11.6 Å². The molecular weight excluding hydrogens is 1070 g/mol. The van der Waals surface area contributed by atoms with Crippen molar-refractivity contribution < 1.29 is 38.8 Å². The number of alkyl halides is 2. The Labute approximate surface area is 441 Å². The lowest BCUT2D eigenvalue weighted by molar-refractivity contribution is 0.0954. The number of anilines is 3. The molecule has 7 aromatic rings. The number of aliphatic hydroxyl groups excluding tert-OH is 4. The fraction of sp³-hybridized carbons (Fsp3) is 0.356. The van der Waals surface area contributed by atoms with Gasteiger partial charge in [-0.2, -0.15) is 0 Å². The second kappa shape index (κ2) is 28.6. The molecule has 7 N–H and O–H groups in total. The van der Waals surface area contributed by atoms with Crippen LogP contribution in [0.4, 0.5) is 34.5 Å². The number of imidazole rings is 1. The first-order chi connectivity index (χ1) is 33.8. The molecule has 0 unspecified atom stereocenters. The van der Waals surface area contributed by atoms with E-state index in [0.717, 1.165) is 42.8 Å². The third kappa shape index (κ3) is 17.0. The number of carbonyl (C=O) groups excluding carboxylic acids is 2. The highest BCUT2D eigenvalue weighted by molar-refractivity contribution is 7.22. The number of thiazole rings is 2. The van der Waals surface area contributed by atoms with E-state index in [1.165, 1.54) is 70.2 Å². The standard InChI is InChI=1S/C20H21ClFN5O3S.C13H19ClN2O2.C11H7FN4OS.CH2Cl2.ClH/c21-15-8-12(7-14(29)11-28)10-23-18(15)26-3-5-27(6-4-26)20(30)25-19-24-16-2-1-13(22)9-17(16)31-19;14-12-6-9(5-11(18)8-17)7-16-13(12)10-1-3-15-4-2-10;12-7-1-2-8-9(5-7)18-10(14-8)15-11(17)16-4-3-13-6-16;2-1-3;/h1-2,8-10,14,28-29H,3-7,11H2,(H,24,25,30);6-7,10-11,15,17-18H,1-5,8H2;1-6H,(H,14,15,17);1H2;1H/t14-;11-;;;/m11.../s1. The number of piperidine rings is 1. The van der Waals surface area contributed by atoms with Crippen LogP contribution in [0.1, 0.15) is 35.6 Å². The zero-order chi connectivity index (χ0) is 50.2. The summed E-state index contributed by atoms with van der Waals surface area (Å²) in [6.45, 7) is 3.53. The minimum atomic E-state index is -0.847. The number of benzene rings is 2.